The van der Waals surface area contributed by atoms with Gasteiger partial charge in [-0.3, -0.25) is 19.7 Å². The van der Waals surface area contributed by atoms with Crippen molar-refractivity contribution >= 4 is 34.2 Å². The molecule has 1 atom stereocenters. The van der Waals surface area contributed by atoms with Crippen molar-refractivity contribution in [3.63, 3.8) is 0 Å². The third-order valence-electron chi connectivity index (χ3n) is 4.87. The van der Waals surface area contributed by atoms with E-state index in [1.807, 2.05) is 13.8 Å². The summed E-state index contributed by atoms with van der Waals surface area (Å²) in [7, 11) is 0. The van der Waals surface area contributed by atoms with E-state index < -0.39 is 11.7 Å². The Morgan fingerprint density at radius 1 is 1.30 bits per heavy atom. The molecule has 2 N–H and O–H groups in total. The topological polar surface area (TPSA) is 91.4 Å². The summed E-state index contributed by atoms with van der Waals surface area (Å²) in [6, 6.07) is 5.67. The van der Waals surface area contributed by atoms with Gasteiger partial charge in [0.25, 0.3) is 5.91 Å². The number of benzene rings is 1. The van der Waals surface area contributed by atoms with Gasteiger partial charge < -0.3 is 10.2 Å². The monoisotopic (exact) mass is 432 g/mol. The number of aromatic nitrogens is 1. The van der Waals surface area contributed by atoms with Crippen LogP contribution in [-0.2, 0) is 16.0 Å². The van der Waals surface area contributed by atoms with Gasteiger partial charge in [-0.25, -0.2) is 9.37 Å². The summed E-state index contributed by atoms with van der Waals surface area (Å²) in [5, 5.41) is 7.57. The van der Waals surface area contributed by atoms with Crippen LogP contribution in [0, 0.1) is 11.7 Å². The summed E-state index contributed by atoms with van der Waals surface area (Å²) >= 11 is 1.19. The molecule has 160 valence electrons. The Bertz CT molecular complexity index is 930. The van der Waals surface area contributed by atoms with Crippen molar-refractivity contribution in [1.29, 1.82) is 0 Å². The molecular formula is C21H25FN4O3S. The minimum Gasteiger partial charge on any atom is -0.351 e. The zero-order valence-electron chi connectivity index (χ0n) is 17.0. The molecule has 9 heteroatoms. The van der Waals surface area contributed by atoms with E-state index in [-0.39, 0.29) is 35.8 Å². The lowest BCUT2D eigenvalue weighted by molar-refractivity contribution is -0.133. The number of halogens is 1. The summed E-state index contributed by atoms with van der Waals surface area (Å²) < 4.78 is 13.7. The Labute approximate surface area is 178 Å². The van der Waals surface area contributed by atoms with E-state index in [2.05, 4.69) is 15.6 Å². The quantitative estimate of drug-likeness (QED) is 0.734. The number of amides is 3. The number of thiazole rings is 1. The number of nitrogens with zero attached hydrogens (tertiary/aromatic N) is 2. The van der Waals surface area contributed by atoms with E-state index in [4.69, 9.17) is 0 Å². The smallest absolute Gasteiger partial charge is 0.260 e. The summed E-state index contributed by atoms with van der Waals surface area (Å²) in [5.41, 5.74) is 0.482. The molecule has 1 aromatic heterocycles. The molecule has 3 rings (SSSR count). The lowest BCUT2D eigenvalue weighted by Gasteiger charge is -2.33. The van der Waals surface area contributed by atoms with E-state index in [0.29, 0.717) is 23.9 Å². The highest BCUT2D eigenvalue weighted by Gasteiger charge is 2.26. The van der Waals surface area contributed by atoms with Gasteiger partial charge in [0, 0.05) is 30.4 Å². The van der Waals surface area contributed by atoms with Crippen LogP contribution in [-0.4, -0.2) is 46.7 Å². The Hall–Kier alpha value is -2.81. The summed E-state index contributed by atoms with van der Waals surface area (Å²) in [6.45, 7) is 4.81. The number of nitrogens with one attached hydrogen (secondary N) is 2. The summed E-state index contributed by atoms with van der Waals surface area (Å²) in [5.74, 6) is -1.37. The molecule has 0 saturated carbocycles. The fourth-order valence-corrected chi connectivity index (χ4v) is 3.92. The lowest BCUT2D eigenvalue weighted by atomic mass is 10.0. The van der Waals surface area contributed by atoms with Gasteiger partial charge in [-0.2, -0.15) is 0 Å². The lowest BCUT2D eigenvalue weighted by Crippen LogP contribution is -2.50. The van der Waals surface area contributed by atoms with Gasteiger partial charge in [-0.1, -0.05) is 26.0 Å². The third-order valence-corrected chi connectivity index (χ3v) is 5.67. The van der Waals surface area contributed by atoms with Gasteiger partial charge in [-0.15, -0.1) is 11.3 Å². The molecule has 2 aromatic rings. The molecular weight excluding hydrogens is 407 g/mol. The van der Waals surface area contributed by atoms with Crippen molar-refractivity contribution in [2.24, 2.45) is 5.92 Å². The molecule has 0 aliphatic carbocycles. The van der Waals surface area contributed by atoms with Crippen molar-refractivity contribution < 1.29 is 18.8 Å². The van der Waals surface area contributed by atoms with Crippen molar-refractivity contribution in [3.8, 4) is 0 Å². The fourth-order valence-electron chi connectivity index (χ4n) is 3.21. The van der Waals surface area contributed by atoms with E-state index in [9.17, 15) is 18.8 Å². The second-order valence-corrected chi connectivity index (χ2v) is 8.46. The first kappa shape index (κ1) is 21.9. The second kappa shape index (κ2) is 9.80. The van der Waals surface area contributed by atoms with Crippen LogP contribution < -0.4 is 10.6 Å². The molecule has 1 aromatic carbocycles. The molecule has 1 aliphatic heterocycles. The molecule has 0 bridgehead atoms. The van der Waals surface area contributed by atoms with Crippen LogP contribution in [0.5, 0.6) is 0 Å². The number of rotatable bonds is 6. The first-order valence-electron chi connectivity index (χ1n) is 9.92. The van der Waals surface area contributed by atoms with Crippen molar-refractivity contribution in [1.82, 2.24) is 15.2 Å². The molecule has 1 saturated heterocycles. The fraction of sp³-hybridized carbons (Fsp3) is 0.429. The molecule has 3 amide bonds. The zero-order chi connectivity index (χ0) is 21.7. The number of carbonyl (C=O) groups excluding carboxylic acids is 3. The number of carbonyl (C=O) groups is 3. The van der Waals surface area contributed by atoms with Gasteiger partial charge in [0.05, 0.1) is 17.7 Å². The van der Waals surface area contributed by atoms with Crippen LogP contribution in [0.2, 0.25) is 0 Å². The average molecular weight is 433 g/mol. The largest absolute Gasteiger partial charge is 0.351 e. The van der Waals surface area contributed by atoms with Crippen molar-refractivity contribution in [2.75, 3.05) is 18.4 Å². The minimum atomic E-state index is -0.605. The molecule has 1 fully saturated rings. The molecule has 1 aliphatic rings. The van der Waals surface area contributed by atoms with Gasteiger partial charge >= 0.3 is 0 Å². The van der Waals surface area contributed by atoms with Crippen LogP contribution in [0.4, 0.5) is 9.52 Å². The second-order valence-electron chi connectivity index (χ2n) is 7.60. The average Bonchev–Trinajstić information content (AvgIpc) is 3.15. The van der Waals surface area contributed by atoms with Gasteiger partial charge in [-0.05, 0) is 25.0 Å². The van der Waals surface area contributed by atoms with Crippen LogP contribution in [0.3, 0.4) is 0 Å². The SMILES string of the molecule is CC(C)C(=O)NC1CCCN(C(=O)Cc2csc(NC(=O)c3ccccc3F)n2)C1. The van der Waals surface area contributed by atoms with Gasteiger partial charge in [0.2, 0.25) is 11.8 Å². The van der Waals surface area contributed by atoms with Crippen LogP contribution >= 0.6 is 11.3 Å². The number of hydrogen-bond acceptors (Lipinski definition) is 5. The first-order chi connectivity index (χ1) is 14.3. The highest BCUT2D eigenvalue weighted by atomic mass is 32.1. The maximum Gasteiger partial charge on any atom is 0.260 e. The Morgan fingerprint density at radius 2 is 2.07 bits per heavy atom. The molecule has 0 radical (unpaired) electrons. The van der Waals surface area contributed by atoms with Crippen LogP contribution in [0.25, 0.3) is 0 Å². The molecule has 7 nitrogen and oxygen atoms in total. The van der Waals surface area contributed by atoms with E-state index in [0.717, 1.165) is 12.8 Å². The van der Waals surface area contributed by atoms with Gasteiger partial charge in [0.15, 0.2) is 5.13 Å². The maximum absolute atomic E-state index is 13.7. The maximum atomic E-state index is 13.7. The summed E-state index contributed by atoms with van der Waals surface area (Å²) in [4.78, 5) is 42.8. The van der Waals surface area contributed by atoms with E-state index in [1.54, 1.807) is 16.3 Å². The number of piperidine rings is 1. The molecule has 2 heterocycles. The Balaban J connectivity index is 1.55. The first-order valence-corrected chi connectivity index (χ1v) is 10.8. The zero-order valence-corrected chi connectivity index (χ0v) is 17.8. The standard InChI is InChI=1S/C21H25FN4O3S/c1-13(2)19(28)23-14-6-5-9-26(11-14)18(27)10-15-12-30-21(24-15)25-20(29)16-7-3-4-8-17(16)22/h3-4,7-8,12-14H,5-6,9-11H2,1-2H3,(H,23,28)(H,24,25,29). The van der Waals surface area contributed by atoms with Crippen molar-refractivity contribution in [2.45, 2.75) is 39.2 Å². The van der Waals surface area contributed by atoms with Crippen molar-refractivity contribution in [3.05, 3.63) is 46.7 Å². The van der Waals surface area contributed by atoms with Crippen LogP contribution in [0.1, 0.15) is 42.7 Å². The number of hydrogen-bond donors (Lipinski definition) is 2. The molecule has 0 spiro atoms. The Morgan fingerprint density at radius 3 is 2.80 bits per heavy atom. The normalized spacial score (nSPS) is 16.4. The number of likely N-dealkylation sites (tertiary alicyclic amines) is 1. The van der Waals surface area contributed by atoms with Gasteiger partial charge in [0.1, 0.15) is 5.82 Å². The minimum absolute atomic E-state index is 0.0102. The summed E-state index contributed by atoms with van der Waals surface area (Å²) in [6.07, 6.45) is 1.79. The predicted octanol–water partition coefficient (Wildman–Crippen LogP) is 2.84. The molecule has 1 unspecified atom stereocenters. The highest BCUT2D eigenvalue weighted by Crippen LogP contribution is 2.19. The third kappa shape index (κ3) is 5.63. The Kier molecular flexibility index (Phi) is 7.15. The number of anilines is 1. The predicted molar refractivity (Wildman–Crippen MR) is 113 cm³/mol. The van der Waals surface area contributed by atoms with Crippen LogP contribution in [0.15, 0.2) is 29.6 Å². The van der Waals surface area contributed by atoms with E-state index >= 15 is 0 Å². The highest BCUT2D eigenvalue weighted by molar-refractivity contribution is 7.14. The molecule has 30 heavy (non-hydrogen) atoms. The van der Waals surface area contributed by atoms with E-state index in [1.165, 1.54) is 29.5 Å².